The second-order valence-electron chi connectivity index (χ2n) is 7.43. The second kappa shape index (κ2) is 5.48. The molecule has 0 atom stereocenters. The Morgan fingerprint density at radius 3 is 1.57 bits per heavy atom. The minimum Gasteiger partial charge on any atom is -0.353 e. The number of carbonyl (C=O) groups excluding carboxylic acids is 2. The Morgan fingerprint density at radius 2 is 1.11 bits per heavy atom. The molecule has 0 spiro atoms. The number of nitrogens with one attached hydrogen (secondary N) is 4. The third-order valence-corrected chi connectivity index (χ3v) is 5.92. The van der Waals surface area contributed by atoms with Crippen LogP contribution in [0.5, 0.6) is 0 Å². The first kappa shape index (κ1) is 15.5. The second-order valence-corrected chi connectivity index (χ2v) is 7.43. The molecule has 2 aromatic heterocycles. The van der Waals surface area contributed by atoms with Gasteiger partial charge in [-0.15, -0.1) is 0 Å². The third kappa shape index (κ3) is 1.97. The maximum absolute atomic E-state index is 12.5. The van der Waals surface area contributed by atoms with Gasteiger partial charge in [0.25, 0.3) is 11.8 Å². The Balaban J connectivity index is 1.70. The van der Waals surface area contributed by atoms with E-state index in [1.165, 1.54) is 0 Å². The molecule has 6 heteroatoms. The third-order valence-electron chi connectivity index (χ3n) is 5.92. The average Bonchev–Trinajstić information content (AvgIpc) is 3.13. The Kier molecular flexibility index (Phi) is 3.04. The van der Waals surface area contributed by atoms with Gasteiger partial charge in [0.15, 0.2) is 0 Å². The first-order valence-corrected chi connectivity index (χ1v) is 9.56. The van der Waals surface area contributed by atoms with Crippen molar-refractivity contribution in [2.24, 2.45) is 0 Å². The summed E-state index contributed by atoms with van der Waals surface area (Å²) in [6.07, 6.45) is 1.52. The summed E-state index contributed by atoms with van der Waals surface area (Å²) in [5, 5.41) is 7.98. The van der Waals surface area contributed by atoms with Crippen molar-refractivity contribution in [3.63, 3.8) is 0 Å². The number of amides is 2. The molecule has 0 saturated carbocycles. The number of hydrogen-bond donors (Lipinski definition) is 4. The molecule has 4 heterocycles. The lowest BCUT2D eigenvalue weighted by molar-refractivity contribution is 0.0949. The van der Waals surface area contributed by atoms with E-state index in [2.05, 4.69) is 20.6 Å². The van der Waals surface area contributed by atoms with Gasteiger partial charge in [-0.05, 0) is 48.2 Å². The molecule has 0 radical (unpaired) electrons. The first-order valence-electron chi connectivity index (χ1n) is 9.56. The van der Waals surface area contributed by atoms with E-state index >= 15 is 0 Å². The van der Waals surface area contributed by atoms with Crippen molar-refractivity contribution in [2.75, 3.05) is 13.1 Å². The Bertz CT molecular complexity index is 1210. The highest BCUT2D eigenvalue weighted by Gasteiger charge is 2.27. The van der Waals surface area contributed by atoms with Gasteiger partial charge in [-0.25, -0.2) is 0 Å². The van der Waals surface area contributed by atoms with Gasteiger partial charge in [0.05, 0.1) is 11.4 Å². The summed E-state index contributed by atoms with van der Waals surface area (Å²) >= 11 is 0. The van der Waals surface area contributed by atoms with Crippen LogP contribution in [0.1, 0.15) is 31.8 Å². The van der Waals surface area contributed by atoms with Crippen LogP contribution in [0.4, 0.5) is 0 Å². The molecule has 0 saturated heterocycles. The lowest BCUT2D eigenvalue weighted by Gasteiger charge is -2.06. The zero-order chi connectivity index (χ0) is 18.8. The molecule has 6 nitrogen and oxygen atoms in total. The van der Waals surface area contributed by atoms with E-state index in [0.717, 1.165) is 57.2 Å². The van der Waals surface area contributed by atoms with Crippen molar-refractivity contribution >= 4 is 33.6 Å². The van der Waals surface area contributed by atoms with Crippen LogP contribution in [0.3, 0.4) is 0 Å². The SMILES string of the molecule is O=C1NCCc2c(-c3[nH]c4cccc5c4c3CCNC5=O)[nH]c3cccc1c23. The van der Waals surface area contributed by atoms with Gasteiger partial charge in [-0.1, -0.05) is 12.1 Å². The smallest absolute Gasteiger partial charge is 0.251 e. The van der Waals surface area contributed by atoms with Crippen molar-refractivity contribution in [1.82, 2.24) is 20.6 Å². The van der Waals surface area contributed by atoms with Crippen LogP contribution in [-0.2, 0) is 12.8 Å². The lowest BCUT2D eigenvalue weighted by Crippen LogP contribution is -2.23. The van der Waals surface area contributed by atoms with Crippen LogP contribution in [0, 0.1) is 0 Å². The van der Waals surface area contributed by atoms with Gasteiger partial charge in [-0.3, -0.25) is 9.59 Å². The highest BCUT2D eigenvalue weighted by Crippen LogP contribution is 2.39. The number of benzene rings is 2. The van der Waals surface area contributed by atoms with Gasteiger partial charge in [-0.2, -0.15) is 0 Å². The molecule has 2 aliphatic heterocycles. The van der Waals surface area contributed by atoms with Crippen LogP contribution >= 0.6 is 0 Å². The summed E-state index contributed by atoms with van der Waals surface area (Å²) in [4.78, 5) is 32.0. The fourth-order valence-electron chi connectivity index (χ4n) is 4.73. The molecular weight excluding hydrogens is 352 g/mol. The van der Waals surface area contributed by atoms with Crippen molar-refractivity contribution < 1.29 is 9.59 Å². The molecule has 28 heavy (non-hydrogen) atoms. The number of carbonyl (C=O) groups is 2. The minimum absolute atomic E-state index is 0.0261. The molecule has 2 aliphatic rings. The number of hydrogen-bond acceptors (Lipinski definition) is 2. The van der Waals surface area contributed by atoms with Gasteiger partial charge < -0.3 is 20.6 Å². The Hall–Kier alpha value is -3.54. The van der Waals surface area contributed by atoms with E-state index in [-0.39, 0.29) is 11.8 Å². The quantitative estimate of drug-likeness (QED) is 0.415. The average molecular weight is 370 g/mol. The Morgan fingerprint density at radius 1 is 0.643 bits per heavy atom. The highest BCUT2D eigenvalue weighted by atomic mass is 16.2. The molecule has 0 fully saturated rings. The van der Waals surface area contributed by atoms with Crippen LogP contribution < -0.4 is 10.6 Å². The van der Waals surface area contributed by atoms with Crippen LogP contribution in [0.15, 0.2) is 36.4 Å². The van der Waals surface area contributed by atoms with Crippen molar-refractivity contribution in [3.8, 4) is 11.4 Å². The fourth-order valence-corrected chi connectivity index (χ4v) is 4.73. The first-order chi connectivity index (χ1) is 13.7. The van der Waals surface area contributed by atoms with Gasteiger partial charge in [0.1, 0.15) is 0 Å². The zero-order valence-corrected chi connectivity index (χ0v) is 15.1. The minimum atomic E-state index is -0.0261. The molecule has 2 aromatic carbocycles. The molecule has 0 aliphatic carbocycles. The molecule has 0 unspecified atom stereocenters. The van der Waals surface area contributed by atoms with Crippen LogP contribution in [-0.4, -0.2) is 34.9 Å². The van der Waals surface area contributed by atoms with Crippen LogP contribution in [0.25, 0.3) is 33.2 Å². The summed E-state index contributed by atoms with van der Waals surface area (Å²) in [6.45, 7) is 1.21. The monoisotopic (exact) mass is 370 g/mol. The molecular formula is C22H18N4O2. The maximum Gasteiger partial charge on any atom is 0.251 e. The number of aromatic amines is 2. The van der Waals surface area contributed by atoms with E-state index in [0.29, 0.717) is 24.2 Å². The normalized spacial score (nSPS) is 16.0. The van der Waals surface area contributed by atoms with E-state index < -0.39 is 0 Å². The van der Waals surface area contributed by atoms with Crippen molar-refractivity contribution in [2.45, 2.75) is 12.8 Å². The van der Waals surface area contributed by atoms with Crippen molar-refractivity contribution in [3.05, 3.63) is 58.7 Å². The van der Waals surface area contributed by atoms with Crippen LogP contribution in [0.2, 0.25) is 0 Å². The number of rotatable bonds is 1. The van der Waals surface area contributed by atoms with Gasteiger partial charge >= 0.3 is 0 Å². The van der Waals surface area contributed by atoms with E-state index in [1.54, 1.807) is 0 Å². The standard InChI is InChI=1S/C22H18N4O2/c27-21-13-3-1-5-15-17(13)11(7-9-23-21)19(25-15)20-12-8-10-24-22(28)14-4-2-6-16(26-20)18(12)14/h1-6,25-26H,7-10H2,(H,23,27)(H,24,28). The summed E-state index contributed by atoms with van der Waals surface area (Å²) < 4.78 is 0. The van der Waals surface area contributed by atoms with E-state index in [9.17, 15) is 9.59 Å². The zero-order valence-electron chi connectivity index (χ0n) is 15.1. The highest BCUT2D eigenvalue weighted by molar-refractivity contribution is 6.12. The molecule has 2 amide bonds. The predicted octanol–water partition coefficient (Wildman–Crippen LogP) is 2.89. The Labute approximate surface area is 160 Å². The summed E-state index contributed by atoms with van der Waals surface area (Å²) in [5.74, 6) is -0.0523. The predicted molar refractivity (Wildman–Crippen MR) is 108 cm³/mol. The topological polar surface area (TPSA) is 89.8 Å². The summed E-state index contributed by atoms with van der Waals surface area (Å²) in [7, 11) is 0. The molecule has 4 N–H and O–H groups in total. The fraction of sp³-hybridized carbons (Fsp3) is 0.182. The number of aromatic nitrogens is 2. The van der Waals surface area contributed by atoms with Gasteiger partial charge in [0, 0.05) is 46.0 Å². The molecule has 6 rings (SSSR count). The largest absolute Gasteiger partial charge is 0.353 e. The van der Waals surface area contributed by atoms with Gasteiger partial charge in [0.2, 0.25) is 0 Å². The van der Waals surface area contributed by atoms with Crippen molar-refractivity contribution in [1.29, 1.82) is 0 Å². The summed E-state index contributed by atoms with van der Waals surface area (Å²) in [6, 6.07) is 11.6. The van der Waals surface area contributed by atoms with E-state index in [1.807, 2.05) is 36.4 Å². The summed E-state index contributed by atoms with van der Waals surface area (Å²) in [5.41, 5.74) is 7.70. The lowest BCUT2D eigenvalue weighted by atomic mass is 9.98. The maximum atomic E-state index is 12.5. The molecule has 0 bridgehead atoms. The molecule has 4 aromatic rings. The van der Waals surface area contributed by atoms with E-state index in [4.69, 9.17) is 0 Å². The number of H-pyrrole nitrogens is 2. The molecule has 138 valence electrons.